The van der Waals surface area contributed by atoms with E-state index < -0.39 is 0 Å². The lowest BCUT2D eigenvalue weighted by molar-refractivity contribution is 0.613. The predicted molar refractivity (Wildman–Crippen MR) is 92.4 cm³/mol. The Balaban J connectivity index is 1.65. The molecule has 0 spiro atoms. The molecule has 1 aliphatic carbocycles. The van der Waals surface area contributed by atoms with E-state index in [1.54, 1.807) is 6.20 Å². The van der Waals surface area contributed by atoms with Gasteiger partial charge in [0.15, 0.2) is 5.82 Å². The average molecular weight is 362 g/mol. The van der Waals surface area contributed by atoms with E-state index in [4.69, 9.17) is 0 Å². The molecule has 0 atom stereocenters. The molecule has 116 valence electrons. The molecule has 1 heterocycles. The minimum Gasteiger partial charge on any atom is -0.350 e. The number of aromatic nitrogens is 3. The van der Waals surface area contributed by atoms with Gasteiger partial charge in [0.25, 0.3) is 0 Å². The van der Waals surface area contributed by atoms with Gasteiger partial charge >= 0.3 is 0 Å². The zero-order chi connectivity index (χ0) is 15.2. The Morgan fingerprint density at radius 2 is 1.73 bits per heavy atom. The molecule has 3 rings (SSSR count). The molecule has 1 saturated carbocycles. The van der Waals surface area contributed by atoms with E-state index in [1.165, 1.54) is 38.5 Å². The maximum atomic E-state index is 4.51. The number of nitrogens with one attached hydrogen (secondary N) is 2. The Labute approximate surface area is 139 Å². The summed E-state index contributed by atoms with van der Waals surface area (Å²) in [6.45, 7) is 0. The third-order valence-corrected chi connectivity index (χ3v) is 4.39. The van der Waals surface area contributed by atoms with Crippen LogP contribution in [0.15, 0.2) is 34.9 Å². The van der Waals surface area contributed by atoms with E-state index >= 15 is 0 Å². The summed E-state index contributed by atoms with van der Waals surface area (Å²) in [6, 6.07) is 8.42. The maximum Gasteiger partial charge on any atom is 0.244 e. The van der Waals surface area contributed by atoms with E-state index in [9.17, 15) is 0 Å². The zero-order valence-electron chi connectivity index (χ0n) is 12.4. The average Bonchev–Trinajstić information content (AvgIpc) is 2.79. The summed E-state index contributed by atoms with van der Waals surface area (Å²) >= 11 is 3.43. The number of hydrogen-bond donors (Lipinski definition) is 2. The number of halogens is 1. The molecule has 6 heteroatoms. The highest BCUT2D eigenvalue weighted by molar-refractivity contribution is 9.10. The second-order valence-corrected chi connectivity index (χ2v) is 6.55. The van der Waals surface area contributed by atoms with E-state index in [1.807, 2.05) is 24.3 Å². The van der Waals surface area contributed by atoms with Crippen LogP contribution in [0.25, 0.3) is 0 Å². The Bertz CT molecular complexity index is 594. The van der Waals surface area contributed by atoms with Crippen LogP contribution in [0.5, 0.6) is 0 Å². The van der Waals surface area contributed by atoms with Gasteiger partial charge in [-0.1, -0.05) is 41.6 Å². The molecule has 0 radical (unpaired) electrons. The molecule has 1 fully saturated rings. The number of anilines is 3. The van der Waals surface area contributed by atoms with Crippen molar-refractivity contribution in [1.82, 2.24) is 15.2 Å². The van der Waals surface area contributed by atoms with Crippen LogP contribution in [0.2, 0.25) is 0 Å². The molecule has 0 bridgehead atoms. The van der Waals surface area contributed by atoms with E-state index in [0.717, 1.165) is 10.2 Å². The van der Waals surface area contributed by atoms with Gasteiger partial charge in [-0.2, -0.15) is 10.1 Å². The van der Waals surface area contributed by atoms with E-state index in [0.29, 0.717) is 17.8 Å². The molecular weight excluding hydrogens is 342 g/mol. The molecule has 22 heavy (non-hydrogen) atoms. The van der Waals surface area contributed by atoms with Gasteiger partial charge in [-0.05, 0) is 37.1 Å². The summed E-state index contributed by atoms with van der Waals surface area (Å²) in [5.41, 5.74) is 0.976. The summed E-state index contributed by atoms with van der Waals surface area (Å²) in [4.78, 5) is 4.51. The van der Waals surface area contributed by atoms with Crippen molar-refractivity contribution < 1.29 is 0 Å². The summed E-state index contributed by atoms with van der Waals surface area (Å²) in [6.07, 6.45) is 9.25. The van der Waals surface area contributed by atoms with Crippen LogP contribution < -0.4 is 10.6 Å². The number of rotatable bonds is 4. The van der Waals surface area contributed by atoms with Crippen molar-refractivity contribution in [3.63, 3.8) is 0 Å². The minimum absolute atomic E-state index is 0.465. The zero-order valence-corrected chi connectivity index (χ0v) is 14.0. The summed E-state index contributed by atoms with van der Waals surface area (Å²) < 4.78 is 1.05. The Hall–Kier alpha value is -1.69. The van der Waals surface area contributed by atoms with Gasteiger partial charge in [-0.25, -0.2) is 0 Å². The molecule has 0 unspecified atom stereocenters. The van der Waals surface area contributed by atoms with Gasteiger partial charge in [0.2, 0.25) is 5.95 Å². The van der Waals surface area contributed by atoms with Crippen molar-refractivity contribution in [3.8, 4) is 0 Å². The van der Waals surface area contributed by atoms with E-state index in [2.05, 4.69) is 41.7 Å². The Morgan fingerprint density at radius 1 is 1.00 bits per heavy atom. The lowest BCUT2D eigenvalue weighted by Gasteiger charge is -2.16. The first-order valence-electron chi connectivity index (χ1n) is 7.78. The highest BCUT2D eigenvalue weighted by Crippen LogP contribution is 2.21. The van der Waals surface area contributed by atoms with Gasteiger partial charge < -0.3 is 10.6 Å². The minimum atomic E-state index is 0.465. The normalized spacial score (nSPS) is 16.0. The molecule has 0 saturated heterocycles. The topological polar surface area (TPSA) is 62.7 Å². The van der Waals surface area contributed by atoms with Crippen molar-refractivity contribution in [2.24, 2.45) is 0 Å². The monoisotopic (exact) mass is 361 g/mol. The molecule has 1 aromatic carbocycles. The van der Waals surface area contributed by atoms with Crippen LogP contribution >= 0.6 is 15.9 Å². The molecule has 1 aliphatic rings. The van der Waals surface area contributed by atoms with Crippen molar-refractivity contribution in [1.29, 1.82) is 0 Å². The first-order chi connectivity index (χ1) is 10.8. The van der Waals surface area contributed by atoms with Gasteiger partial charge in [-0.3, -0.25) is 0 Å². The van der Waals surface area contributed by atoms with Crippen molar-refractivity contribution in [3.05, 3.63) is 34.9 Å². The number of nitrogens with zero attached hydrogens (tertiary/aromatic N) is 3. The predicted octanol–water partition coefficient (Wildman–Crippen LogP) is 4.51. The maximum absolute atomic E-state index is 4.51. The van der Waals surface area contributed by atoms with Crippen molar-refractivity contribution in [2.45, 2.75) is 44.6 Å². The van der Waals surface area contributed by atoms with Crippen LogP contribution in [0.3, 0.4) is 0 Å². The standard InChI is InChI=1S/C16H20BrN5/c17-12-7-9-14(10-8-12)19-15-11-18-22-16(21-15)20-13-5-3-1-2-4-6-13/h7-11,13H,1-6H2,(H2,19,20,21,22). The lowest BCUT2D eigenvalue weighted by Crippen LogP contribution is -2.20. The van der Waals surface area contributed by atoms with Crippen LogP contribution in [0, 0.1) is 0 Å². The number of benzene rings is 1. The van der Waals surface area contributed by atoms with Crippen LogP contribution in [-0.4, -0.2) is 21.2 Å². The lowest BCUT2D eigenvalue weighted by atomic mass is 10.1. The second-order valence-electron chi connectivity index (χ2n) is 5.63. The van der Waals surface area contributed by atoms with Crippen LogP contribution in [0.1, 0.15) is 38.5 Å². The third-order valence-electron chi connectivity index (χ3n) is 3.86. The largest absolute Gasteiger partial charge is 0.350 e. The highest BCUT2D eigenvalue weighted by atomic mass is 79.9. The van der Waals surface area contributed by atoms with Gasteiger partial charge in [0.1, 0.15) is 0 Å². The quantitative estimate of drug-likeness (QED) is 0.784. The van der Waals surface area contributed by atoms with Crippen molar-refractivity contribution >= 4 is 33.4 Å². The Morgan fingerprint density at radius 3 is 2.45 bits per heavy atom. The van der Waals surface area contributed by atoms with Crippen LogP contribution in [-0.2, 0) is 0 Å². The van der Waals surface area contributed by atoms with Gasteiger partial charge in [-0.15, -0.1) is 5.10 Å². The summed E-state index contributed by atoms with van der Waals surface area (Å²) in [5.74, 6) is 1.31. The summed E-state index contributed by atoms with van der Waals surface area (Å²) in [7, 11) is 0. The fourth-order valence-corrected chi connectivity index (χ4v) is 2.98. The van der Waals surface area contributed by atoms with E-state index in [-0.39, 0.29) is 0 Å². The summed E-state index contributed by atoms with van der Waals surface area (Å²) in [5, 5.41) is 14.8. The molecule has 0 amide bonds. The first kappa shape index (κ1) is 15.2. The molecule has 2 aromatic rings. The molecule has 5 nitrogen and oxygen atoms in total. The van der Waals surface area contributed by atoms with Gasteiger partial charge in [0.05, 0.1) is 6.20 Å². The first-order valence-corrected chi connectivity index (χ1v) is 8.58. The Kier molecular flexibility index (Phi) is 5.21. The SMILES string of the molecule is Brc1ccc(Nc2cnnc(NC3CCCCCC3)n2)cc1. The van der Waals surface area contributed by atoms with Crippen molar-refractivity contribution in [2.75, 3.05) is 10.6 Å². The number of hydrogen-bond acceptors (Lipinski definition) is 5. The highest BCUT2D eigenvalue weighted by Gasteiger charge is 2.13. The molecule has 2 N–H and O–H groups in total. The molecular formula is C16H20BrN5. The fourth-order valence-electron chi connectivity index (χ4n) is 2.71. The van der Waals surface area contributed by atoms with Gasteiger partial charge in [0, 0.05) is 16.2 Å². The third kappa shape index (κ3) is 4.40. The molecule has 1 aromatic heterocycles. The van der Waals surface area contributed by atoms with Crippen LogP contribution in [0.4, 0.5) is 17.5 Å². The fraction of sp³-hybridized carbons (Fsp3) is 0.438. The smallest absolute Gasteiger partial charge is 0.244 e. The molecule has 0 aliphatic heterocycles. The second kappa shape index (κ2) is 7.54.